The van der Waals surface area contributed by atoms with Crippen molar-refractivity contribution in [2.45, 2.75) is 6.54 Å². The maximum Gasteiger partial charge on any atom is 0.224 e. The zero-order valence-electron chi connectivity index (χ0n) is 8.96. The van der Waals surface area contributed by atoms with Crippen LogP contribution in [0.1, 0.15) is 11.3 Å². The molecule has 0 atom stereocenters. The van der Waals surface area contributed by atoms with Crippen molar-refractivity contribution in [1.82, 2.24) is 9.97 Å². The van der Waals surface area contributed by atoms with Crippen LogP contribution in [0.2, 0.25) is 0 Å². The highest BCUT2D eigenvalue weighted by molar-refractivity contribution is 5.33. The van der Waals surface area contributed by atoms with E-state index in [1.165, 1.54) is 6.20 Å². The van der Waals surface area contributed by atoms with Crippen LogP contribution in [-0.2, 0) is 6.54 Å². The zero-order chi connectivity index (χ0) is 12.1. The number of benzene rings is 1. The Morgan fingerprint density at radius 1 is 1.24 bits per heavy atom. The minimum Gasteiger partial charge on any atom is -0.508 e. The van der Waals surface area contributed by atoms with E-state index >= 15 is 0 Å². The first-order chi connectivity index (χ1) is 8.28. The van der Waals surface area contributed by atoms with Crippen LogP contribution in [0.5, 0.6) is 5.75 Å². The molecule has 2 rings (SSSR count). The average molecular weight is 226 g/mol. The molecule has 0 fully saturated rings. The molecule has 0 bridgehead atoms. The van der Waals surface area contributed by atoms with Gasteiger partial charge in [-0.3, -0.25) is 0 Å². The summed E-state index contributed by atoms with van der Waals surface area (Å²) in [5, 5.41) is 20.8. The van der Waals surface area contributed by atoms with Crippen molar-refractivity contribution >= 4 is 5.95 Å². The van der Waals surface area contributed by atoms with Crippen LogP contribution in [0.3, 0.4) is 0 Å². The third-order valence-corrected chi connectivity index (χ3v) is 2.16. The molecule has 2 aromatic rings. The molecule has 1 aromatic carbocycles. The van der Waals surface area contributed by atoms with Crippen LogP contribution in [0.4, 0.5) is 5.95 Å². The normalized spacial score (nSPS) is 9.59. The van der Waals surface area contributed by atoms with Crippen LogP contribution >= 0.6 is 0 Å². The Kier molecular flexibility index (Phi) is 3.17. The Hall–Kier alpha value is -2.61. The summed E-state index contributed by atoms with van der Waals surface area (Å²) < 4.78 is 0. The van der Waals surface area contributed by atoms with Gasteiger partial charge in [0.25, 0.3) is 0 Å². The third-order valence-electron chi connectivity index (χ3n) is 2.16. The van der Waals surface area contributed by atoms with Crippen LogP contribution in [0, 0.1) is 11.3 Å². The summed E-state index contributed by atoms with van der Waals surface area (Å²) in [7, 11) is 0. The van der Waals surface area contributed by atoms with E-state index in [2.05, 4.69) is 15.3 Å². The number of phenols is 1. The quantitative estimate of drug-likeness (QED) is 0.831. The molecule has 0 aliphatic carbocycles. The van der Waals surface area contributed by atoms with Crippen molar-refractivity contribution in [3.63, 3.8) is 0 Å². The Morgan fingerprint density at radius 2 is 2.00 bits per heavy atom. The fourth-order valence-electron chi connectivity index (χ4n) is 1.30. The van der Waals surface area contributed by atoms with Crippen LogP contribution < -0.4 is 5.32 Å². The maximum atomic E-state index is 9.13. The number of nitrogens with zero attached hydrogens (tertiary/aromatic N) is 3. The highest BCUT2D eigenvalue weighted by atomic mass is 16.3. The van der Waals surface area contributed by atoms with E-state index < -0.39 is 0 Å². The lowest BCUT2D eigenvalue weighted by Crippen LogP contribution is -2.03. The number of phenolic OH excluding ortho intramolecular Hbond substituents is 1. The summed E-state index contributed by atoms with van der Waals surface area (Å²) in [6, 6.07) is 10.3. The number of hydrogen-bond donors (Lipinski definition) is 2. The van der Waals surface area contributed by atoms with Crippen molar-refractivity contribution < 1.29 is 5.11 Å². The Labute approximate surface area is 98.4 Å². The van der Waals surface area contributed by atoms with E-state index in [0.29, 0.717) is 18.2 Å². The van der Waals surface area contributed by atoms with Gasteiger partial charge in [-0.15, -0.1) is 0 Å². The zero-order valence-corrected chi connectivity index (χ0v) is 8.96. The van der Waals surface area contributed by atoms with E-state index in [0.717, 1.165) is 5.56 Å². The Bertz CT molecular complexity index is 545. The molecular formula is C12H10N4O. The number of aromatic nitrogens is 2. The number of anilines is 1. The molecule has 84 valence electrons. The predicted octanol–water partition coefficient (Wildman–Crippen LogP) is 1.67. The number of nitrogens with one attached hydrogen (secondary N) is 1. The Morgan fingerprint density at radius 3 is 2.71 bits per heavy atom. The van der Waals surface area contributed by atoms with E-state index in [1.807, 2.05) is 6.07 Å². The van der Waals surface area contributed by atoms with Crippen molar-refractivity contribution in [3.05, 3.63) is 47.8 Å². The summed E-state index contributed by atoms with van der Waals surface area (Å²) in [4.78, 5) is 7.99. The lowest BCUT2D eigenvalue weighted by Gasteiger charge is -2.04. The minimum atomic E-state index is 0.233. The minimum absolute atomic E-state index is 0.233. The molecule has 0 saturated carbocycles. The molecule has 0 unspecified atom stereocenters. The highest BCUT2D eigenvalue weighted by Gasteiger charge is 1.98. The number of nitriles is 1. The molecule has 0 spiro atoms. The number of rotatable bonds is 3. The van der Waals surface area contributed by atoms with Gasteiger partial charge in [0.15, 0.2) is 0 Å². The lowest BCUT2D eigenvalue weighted by molar-refractivity contribution is 0.475. The second-order valence-electron chi connectivity index (χ2n) is 3.40. The van der Waals surface area contributed by atoms with Crippen LogP contribution in [0.25, 0.3) is 0 Å². The summed E-state index contributed by atoms with van der Waals surface area (Å²) >= 11 is 0. The van der Waals surface area contributed by atoms with Gasteiger partial charge in [-0.2, -0.15) is 5.26 Å². The molecule has 2 N–H and O–H groups in total. The standard InChI is InChI=1S/C12H10N4O/c13-7-10-5-6-14-12(16-10)15-8-9-1-3-11(17)4-2-9/h1-6,17H,8H2,(H,14,15,16). The highest BCUT2D eigenvalue weighted by Crippen LogP contribution is 2.10. The van der Waals surface area contributed by atoms with Crippen LogP contribution in [-0.4, -0.2) is 15.1 Å². The first kappa shape index (κ1) is 10.9. The fraction of sp³-hybridized carbons (Fsp3) is 0.0833. The van der Waals surface area contributed by atoms with Crippen molar-refractivity contribution in [3.8, 4) is 11.8 Å². The van der Waals surface area contributed by atoms with Gasteiger partial charge in [-0.05, 0) is 23.8 Å². The molecule has 17 heavy (non-hydrogen) atoms. The molecule has 5 heteroatoms. The van der Waals surface area contributed by atoms with Gasteiger partial charge in [0, 0.05) is 12.7 Å². The predicted molar refractivity (Wildman–Crippen MR) is 62.2 cm³/mol. The molecular weight excluding hydrogens is 216 g/mol. The fourth-order valence-corrected chi connectivity index (χ4v) is 1.30. The summed E-state index contributed by atoms with van der Waals surface area (Å²) in [6.07, 6.45) is 1.53. The topological polar surface area (TPSA) is 81.8 Å². The van der Waals surface area contributed by atoms with Gasteiger partial charge in [-0.1, -0.05) is 12.1 Å². The number of aromatic hydroxyl groups is 1. The van der Waals surface area contributed by atoms with Gasteiger partial charge < -0.3 is 10.4 Å². The average Bonchev–Trinajstić information content (AvgIpc) is 2.38. The number of hydrogen-bond acceptors (Lipinski definition) is 5. The van der Waals surface area contributed by atoms with Crippen molar-refractivity contribution in [1.29, 1.82) is 5.26 Å². The molecule has 1 heterocycles. The lowest BCUT2D eigenvalue weighted by atomic mass is 10.2. The van der Waals surface area contributed by atoms with Gasteiger partial charge >= 0.3 is 0 Å². The van der Waals surface area contributed by atoms with Crippen LogP contribution in [0.15, 0.2) is 36.5 Å². The summed E-state index contributed by atoms with van der Waals surface area (Å²) in [5.74, 6) is 0.647. The maximum absolute atomic E-state index is 9.13. The first-order valence-electron chi connectivity index (χ1n) is 5.03. The van der Waals surface area contributed by atoms with Gasteiger partial charge in [-0.25, -0.2) is 9.97 Å². The molecule has 0 radical (unpaired) electrons. The molecule has 0 amide bonds. The molecule has 5 nitrogen and oxygen atoms in total. The second-order valence-corrected chi connectivity index (χ2v) is 3.40. The van der Waals surface area contributed by atoms with E-state index in [9.17, 15) is 0 Å². The first-order valence-corrected chi connectivity index (χ1v) is 5.03. The van der Waals surface area contributed by atoms with Gasteiger partial charge in [0.2, 0.25) is 5.95 Å². The largest absolute Gasteiger partial charge is 0.508 e. The van der Waals surface area contributed by atoms with Crippen molar-refractivity contribution in [2.24, 2.45) is 0 Å². The molecule has 1 aromatic heterocycles. The summed E-state index contributed by atoms with van der Waals surface area (Å²) in [6.45, 7) is 0.537. The molecule has 0 aliphatic heterocycles. The second kappa shape index (κ2) is 4.94. The monoisotopic (exact) mass is 226 g/mol. The third kappa shape index (κ3) is 2.92. The molecule has 0 aliphatic rings. The van der Waals surface area contributed by atoms with E-state index in [-0.39, 0.29) is 5.75 Å². The SMILES string of the molecule is N#Cc1ccnc(NCc2ccc(O)cc2)n1. The van der Waals surface area contributed by atoms with Gasteiger partial charge in [0.05, 0.1) is 0 Å². The van der Waals surface area contributed by atoms with E-state index in [4.69, 9.17) is 10.4 Å². The van der Waals surface area contributed by atoms with E-state index in [1.54, 1.807) is 30.3 Å². The Balaban J connectivity index is 2.02. The van der Waals surface area contributed by atoms with Gasteiger partial charge in [0.1, 0.15) is 17.5 Å². The smallest absolute Gasteiger partial charge is 0.224 e. The molecule has 0 saturated heterocycles. The van der Waals surface area contributed by atoms with Crippen molar-refractivity contribution in [2.75, 3.05) is 5.32 Å². The summed E-state index contributed by atoms with van der Waals surface area (Å²) in [5.41, 5.74) is 1.32.